The Hall–Kier alpha value is -0.830. The Morgan fingerprint density at radius 1 is 1.00 bits per heavy atom. The number of rotatable bonds is 1. The summed E-state index contributed by atoms with van der Waals surface area (Å²) in [5.41, 5.74) is 2.24. The minimum absolute atomic E-state index is 0.0930. The van der Waals surface area contributed by atoms with Gasteiger partial charge < -0.3 is 5.11 Å². The summed E-state index contributed by atoms with van der Waals surface area (Å²) in [7, 11) is 0. The van der Waals surface area contributed by atoms with Crippen molar-refractivity contribution in [3.05, 3.63) is 33.3 Å². The van der Waals surface area contributed by atoms with E-state index in [2.05, 4.69) is 57.5 Å². The number of halogens is 1. The van der Waals surface area contributed by atoms with Crippen LogP contribution in [0, 0.1) is 0 Å². The third kappa shape index (κ3) is 3.14. The first kappa shape index (κ1) is 15.2. The molecule has 0 spiro atoms. The smallest absolute Gasteiger partial charge is 0.335 e. The van der Waals surface area contributed by atoms with Crippen molar-refractivity contribution in [2.45, 2.75) is 52.4 Å². The van der Waals surface area contributed by atoms with E-state index in [-0.39, 0.29) is 10.8 Å². The third-order valence-corrected chi connectivity index (χ3v) is 3.79. The Kier molecular flexibility index (Phi) is 3.97. The molecule has 0 aliphatic carbocycles. The van der Waals surface area contributed by atoms with Gasteiger partial charge in [0, 0.05) is 4.47 Å². The number of benzene rings is 1. The lowest BCUT2D eigenvalue weighted by molar-refractivity contribution is 0.0696. The van der Waals surface area contributed by atoms with Gasteiger partial charge in [0.25, 0.3) is 0 Å². The quantitative estimate of drug-likeness (QED) is 0.813. The van der Waals surface area contributed by atoms with E-state index < -0.39 is 5.97 Å². The predicted octanol–water partition coefficient (Wildman–Crippen LogP) is 4.74. The molecule has 0 aromatic heterocycles. The Bertz CT molecular complexity index is 441. The highest BCUT2D eigenvalue weighted by molar-refractivity contribution is 9.10. The van der Waals surface area contributed by atoms with Crippen molar-refractivity contribution in [3.8, 4) is 0 Å². The lowest BCUT2D eigenvalue weighted by atomic mass is 9.79. The van der Waals surface area contributed by atoms with E-state index in [1.807, 2.05) is 0 Å². The van der Waals surface area contributed by atoms with Crippen LogP contribution in [0.4, 0.5) is 0 Å². The lowest BCUT2D eigenvalue weighted by Gasteiger charge is -2.28. The van der Waals surface area contributed by atoms with Crippen molar-refractivity contribution in [2.75, 3.05) is 0 Å². The summed E-state index contributed by atoms with van der Waals surface area (Å²) < 4.78 is 1.02. The second kappa shape index (κ2) is 4.69. The fourth-order valence-electron chi connectivity index (χ4n) is 1.84. The molecule has 18 heavy (non-hydrogen) atoms. The van der Waals surface area contributed by atoms with Gasteiger partial charge in [-0.15, -0.1) is 0 Å². The highest BCUT2D eigenvalue weighted by Gasteiger charge is 2.26. The zero-order valence-corrected chi connectivity index (χ0v) is 13.5. The van der Waals surface area contributed by atoms with Crippen LogP contribution in [-0.4, -0.2) is 11.1 Å². The number of carbonyl (C=O) groups is 1. The fourth-order valence-corrected chi connectivity index (χ4v) is 3.26. The van der Waals surface area contributed by atoms with E-state index in [4.69, 9.17) is 0 Å². The molecule has 0 amide bonds. The van der Waals surface area contributed by atoms with Crippen LogP contribution in [0.3, 0.4) is 0 Å². The standard InChI is InChI=1S/C15H21BrO2/c1-14(2,3)10-7-9(13(17)18)8-11(12(10)16)15(4,5)6/h7-8H,1-6H3,(H,17,18). The zero-order valence-electron chi connectivity index (χ0n) is 11.9. The van der Waals surface area contributed by atoms with Gasteiger partial charge in [0.1, 0.15) is 0 Å². The number of carboxylic acid groups (broad SMARTS) is 1. The summed E-state index contributed by atoms with van der Waals surface area (Å²) in [6.07, 6.45) is 0. The SMILES string of the molecule is CC(C)(C)c1cc(C(=O)O)cc(C(C)(C)C)c1Br. The zero-order chi connectivity index (χ0) is 14.3. The van der Waals surface area contributed by atoms with Gasteiger partial charge in [-0.2, -0.15) is 0 Å². The van der Waals surface area contributed by atoms with E-state index in [1.54, 1.807) is 12.1 Å². The van der Waals surface area contributed by atoms with Gasteiger partial charge in [-0.3, -0.25) is 0 Å². The summed E-state index contributed by atoms with van der Waals surface area (Å²) in [5.74, 6) is -0.876. The van der Waals surface area contributed by atoms with Gasteiger partial charge in [-0.25, -0.2) is 4.79 Å². The van der Waals surface area contributed by atoms with Crippen molar-refractivity contribution in [3.63, 3.8) is 0 Å². The van der Waals surface area contributed by atoms with Crippen molar-refractivity contribution in [1.82, 2.24) is 0 Å². The highest BCUT2D eigenvalue weighted by atomic mass is 79.9. The molecule has 100 valence electrons. The highest BCUT2D eigenvalue weighted by Crippen LogP contribution is 2.38. The van der Waals surface area contributed by atoms with Gasteiger partial charge in [0.2, 0.25) is 0 Å². The Balaban J connectivity index is 3.64. The summed E-state index contributed by atoms with van der Waals surface area (Å²) in [6, 6.07) is 3.53. The normalized spacial score (nSPS) is 12.6. The minimum Gasteiger partial charge on any atom is -0.478 e. The Morgan fingerprint density at radius 3 is 1.56 bits per heavy atom. The van der Waals surface area contributed by atoms with E-state index in [9.17, 15) is 9.90 Å². The maximum absolute atomic E-state index is 11.3. The Labute approximate surface area is 118 Å². The first-order valence-corrected chi connectivity index (χ1v) is 6.81. The topological polar surface area (TPSA) is 37.3 Å². The van der Waals surface area contributed by atoms with Crippen LogP contribution in [0.1, 0.15) is 63.0 Å². The first-order chi connectivity index (χ1) is 7.94. The summed E-state index contributed by atoms with van der Waals surface area (Å²) in [4.78, 5) is 11.3. The van der Waals surface area contributed by atoms with Crippen molar-refractivity contribution < 1.29 is 9.90 Å². The molecule has 2 nitrogen and oxygen atoms in total. The predicted molar refractivity (Wildman–Crippen MR) is 78.5 cm³/mol. The lowest BCUT2D eigenvalue weighted by Crippen LogP contribution is -2.19. The van der Waals surface area contributed by atoms with Crippen molar-refractivity contribution in [2.24, 2.45) is 0 Å². The average molecular weight is 313 g/mol. The third-order valence-electron chi connectivity index (χ3n) is 2.94. The minimum atomic E-state index is -0.876. The van der Waals surface area contributed by atoms with E-state index >= 15 is 0 Å². The van der Waals surface area contributed by atoms with Crippen LogP contribution < -0.4 is 0 Å². The second-order valence-electron chi connectivity index (χ2n) is 6.69. The number of hydrogen-bond acceptors (Lipinski definition) is 1. The monoisotopic (exact) mass is 312 g/mol. The molecule has 0 unspecified atom stereocenters. The summed E-state index contributed by atoms with van der Waals surface area (Å²) in [6.45, 7) is 12.5. The molecule has 0 atom stereocenters. The van der Waals surface area contributed by atoms with Crippen LogP contribution >= 0.6 is 15.9 Å². The summed E-state index contributed by atoms with van der Waals surface area (Å²) in [5, 5.41) is 9.24. The van der Waals surface area contributed by atoms with Gasteiger partial charge in [-0.05, 0) is 34.1 Å². The number of hydrogen-bond donors (Lipinski definition) is 1. The fraction of sp³-hybridized carbons (Fsp3) is 0.533. The van der Waals surface area contributed by atoms with Gasteiger partial charge in [0.05, 0.1) is 5.56 Å². The second-order valence-corrected chi connectivity index (χ2v) is 7.48. The van der Waals surface area contributed by atoms with Crippen molar-refractivity contribution >= 4 is 21.9 Å². The molecule has 3 heteroatoms. The molecule has 0 aliphatic heterocycles. The number of carboxylic acids is 1. The molecule has 1 aromatic carbocycles. The van der Waals surface area contributed by atoms with E-state index in [1.165, 1.54) is 0 Å². The molecule has 1 rings (SSSR count). The molecule has 0 fully saturated rings. The molecular weight excluding hydrogens is 292 g/mol. The molecular formula is C15H21BrO2. The van der Waals surface area contributed by atoms with Crippen molar-refractivity contribution in [1.29, 1.82) is 0 Å². The van der Waals surface area contributed by atoms with E-state index in [0.29, 0.717) is 5.56 Å². The maximum atomic E-state index is 11.3. The molecule has 0 bridgehead atoms. The Morgan fingerprint density at radius 2 is 1.33 bits per heavy atom. The number of aromatic carboxylic acids is 1. The van der Waals surface area contributed by atoms with Crippen LogP contribution in [-0.2, 0) is 10.8 Å². The largest absolute Gasteiger partial charge is 0.478 e. The van der Waals surface area contributed by atoms with Crippen LogP contribution in [0.5, 0.6) is 0 Å². The first-order valence-electron chi connectivity index (χ1n) is 6.02. The molecule has 0 saturated heterocycles. The molecule has 0 aliphatic rings. The van der Waals surface area contributed by atoms with E-state index in [0.717, 1.165) is 15.6 Å². The van der Waals surface area contributed by atoms with Crippen LogP contribution in [0.25, 0.3) is 0 Å². The molecule has 1 aromatic rings. The molecule has 1 N–H and O–H groups in total. The molecule has 0 radical (unpaired) electrons. The average Bonchev–Trinajstić information content (AvgIpc) is 2.13. The van der Waals surface area contributed by atoms with Crippen LogP contribution in [0.15, 0.2) is 16.6 Å². The summed E-state index contributed by atoms with van der Waals surface area (Å²) >= 11 is 3.64. The van der Waals surface area contributed by atoms with Gasteiger partial charge >= 0.3 is 5.97 Å². The molecule has 0 saturated carbocycles. The molecule has 0 heterocycles. The van der Waals surface area contributed by atoms with Gasteiger partial charge in [-0.1, -0.05) is 57.5 Å². The van der Waals surface area contributed by atoms with Gasteiger partial charge in [0.15, 0.2) is 0 Å². The maximum Gasteiger partial charge on any atom is 0.335 e. The van der Waals surface area contributed by atoms with Crippen LogP contribution in [0.2, 0.25) is 0 Å².